The van der Waals surface area contributed by atoms with Gasteiger partial charge in [-0.25, -0.2) is 9.97 Å². The molecule has 1 fully saturated rings. The molecule has 0 spiro atoms. The molecule has 1 amide bonds. The molecule has 1 aromatic carbocycles. The molecule has 1 saturated heterocycles. The number of carbonyl (C=O) groups is 1. The molecule has 0 bridgehead atoms. The van der Waals surface area contributed by atoms with Gasteiger partial charge in [-0.1, -0.05) is 24.3 Å². The van der Waals surface area contributed by atoms with Crippen molar-refractivity contribution in [2.45, 2.75) is 26.8 Å². The highest BCUT2D eigenvalue weighted by molar-refractivity contribution is 5.89. The van der Waals surface area contributed by atoms with Crippen LogP contribution in [0.5, 0.6) is 0 Å². The smallest absolute Gasteiger partial charge is 0.209 e. The summed E-state index contributed by atoms with van der Waals surface area (Å²) in [5.41, 5.74) is 2.09. The standard InChI is InChI=1S/C21H29N5O/c1-4-26(14-17(2)3)21-18-8-5-6-9-19(18)22-20(23-21)15-24-10-7-11-25(16-27)13-12-24/h5-6,8-9,16H,2,4,7,10-15H2,1,3H3. The van der Waals surface area contributed by atoms with Crippen LogP contribution in [0.15, 0.2) is 36.4 Å². The molecule has 6 nitrogen and oxygen atoms in total. The predicted octanol–water partition coefficient (Wildman–Crippen LogP) is 2.70. The summed E-state index contributed by atoms with van der Waals surface area (Å²) in [4.78, 5) is 27.2. The number of rotatable bonds is 7. The van der Waals surface area contributed by atoms with Crippen LogP contribution in [0.1, 0.15) is 26.1 Å². The van der Waals surface area contributed by atoms with Crippen molar-refractivity contribution in [3.8, 4) is 0 Å². The first-order valence-corrected chi connectivity index (χ1v) is 9.67. The minimum absolute atomic E-state index is 0.704. The zero-order chi connectivity index (χ0) is 19.2. The first-order chi connectivity index (χ1) is 13.1. The normalized spacial score (nSPS) is 15.6. The molecule has 1 aliphatic rings. The number of anilines is 1. The highest BCUT2D eigenvalue weighted by Crippen LogP contribution is 2.25. The van der Waals surface area contributed by atoms with Gasteiger partial charge >= 0.3 is 0 Å². The van der Waals surface area contributed by atoms with Crippen molar-refractivity contribution in [3.63, 3.8) is 0 Å². The van der Waals surface area contributed by atoms with Gasteiger partial charge in [0.05, 0.1) is 12.1 Å². The third-order valence-electron chi connectivity index (χ3n) is 4.91. The molecule has 2 aromatic rings. The van der Waals surface area contributed by atoms with Crippen molar-refractivity contribution in [1.29, 1.82) is 0 Å². The fourth-order valence-electron chi connectivity index (χ4n) is 3.54. The molecule has 144 valence electrons. The zero-order valence-electron chi connectivity index (χ0n) is 16.4. The Hall–Kier alpha value is -2.47. The number of aromatic nitrogens is 2. The van der Waals surface area contributed by atoms with E-state index in [9.17, 15) is 4.79 Å². The van der Waals surface area contributed by atoms with Crippen LogP contribution in [0.25, 0.3) is 10.9 Å². The molecule has 3 rings (SSSR count). The zero-order valence-corrected chi connectivity index (χ0v) is 16.4. The van der Waals surface area contributed by atoms with E-state index in [0.29, 0.717) is 6.54 Å². The number of fused-ring (bicyclic) bond motifs is 1. The fourth-order valence-corrected chi connectivity index (χ4v) is 3.54. The van der Waals surface area contributed by atoms with Crippen LogP contribution < -0.4 is 4.90 Å². The van der Waals surface area contributed by atoms with E-state index in [1.807, 2.05) is 24.0 Å². The summed E-state index contributed by atoms with van der Waals surface area (Å²) >= 11 is 0. The number of amides is 1. The van der Waals surface area contributed by atoms with Gasteiger partial charge in [-0.3, -0.25) is 9.69 Å². The molecule has 27 heavy (non-hydrogen) atoms. The van der Waals surface area contributed by atoms with Crippen LogP contribution in [0.4, 0.5) is 5.82 Å². The van der Waals surface area contributed by atoms with Crippen LogP contribution in [0.3, 0.4) is 0 Å². The van der Waals surface area contributed by atoms with Crippen molar-refractivity contribution in [1.82, 2.24) is 19.8 Å². The maximum atomic E-state index is 11.0. The number of nitrogens with zero attached hydrogens (tertiary/aromatic N) is 5. The highest BCUT2D eigenvalue weighted by atomic mass is 16.1. The maximum Gasteiger partial charge on any atom is 0.209 e. The number of hydrogen-bond donors (Lipinski definition) is 0. The van der Waals surface area contributed by atoms with E-state index in [-0.39, 0.29) is 0 Å². The van der Waals surface area contributed by atoms with E-state index in [0.717, 1.165) is 80.2 Å². The highest BCUT2D eigenvalue weighted by Gasteiger charge is 2.18. The first-order valence-electron chi connectivity index (χ1n) is 9.67. The summed E-state index contributed by atoms with van der Waals surface area (Å²) in [7, 11) is 0. The number of para-hydroxylation sites is 1. The minimum Gasteiger partial charge on any atom is -0.352 e. The van der Waals surface area contributed by atoms with Gasteiger partial charge < -0.3 is 9.80 Å². The molecule has 6 heteroatoms. The van der Waals surface area contributed by atoms with Crippen LogP contribution in [0.2, 0.25) is 0 Å². The quantitative estimate of drug-likeness (QED) is 0.556. The summed E-state index contributed by atoms with van der Waals surface area (Å²) in [5, 5.41) is 1.08. The van der Waals surface area contributed by atoms with Crippen molar-refractivity contribution in [2.24, 2.45) is 0 Å². The lowest BCUT2D eigenvalue weighted by Crippen LogP contribution is -2.31. The van der Waals surface area contributed by atoms with E-state index in [1.165, 1.54) is 0 Å². The Morgan fingerprint density at radius 3 is 2.78 bits per heavy atom. The Morgan fingerprint density at radius 1 is 1.22 bits per heavy atom. The number of carbonyl (C=O) groups excluding carboxylic acids is 1. The molecule has 0 N–H and O–H groups in total. The van der Waals surface area contributed by atoms with Crippen molar-refractivity contribution >= 4 is 23.1 Å². The minimum atomic E-state index is 0.704. The van der Waals surface area contributed by atoms with E-state index in [2.05, 4.69) is 35.4 Å². The lowest BCUT2D eigenvalue weighted by Gasteiger charge is -2.25. The lowest BCUT2D eigenvalue weighted by atomic mass is 10.2. The van der Waals surface area contributed by atoms with E-state index < -0.39 is 0 Å². The van der Waals surface area contributed by atoms with Crippen LogP contribution in [-0.4, -0.2) is 65.4 Å². The summed E-state index contributed by atoms with van der Waals surface area (Å²) in [6.45, 7) is 14.0. The first kappa shape index (κ1) is 19.3. The Kier molecular flexibility index (Phi) is 6.40. The maximum absolute atomic E-state index is 11.0. The molecule has 1 aliphatic heterocycles. The molecule has 0 unspecified atom stereocenters. The molecule has 0 radical (unpaired) electrons. The molecule has 2 heterocycles. The summed E-state index contributed by atoms with van der Waals surface area (Å²) in [6.07, 6.45) is 1.93. The van der Waals surface area contributed by atoms with Gasteiger partial charge in [-0.05, 0) is 32.4 Å². The Morgan fingerprint density at radius 2 is 2.04 bits per heavy atom. The molecule has 0 saturated carbocycles. The van der Waals surface area contributed by atoms with Gasteiger partial charge in [0.1, 0.15) is 11.6 Å². The fraction of sp³-hybridized carbons (Fsp3) is 0.476. The van der Waals surface area contributed by atoms with Crippen LogP contribution >= 0.6 is 0 Å². The Balaban J connectivity index is 1.89. The second-order valence-electron chi connectivity index (χ2n) is 7.22. The number of hydrogen-bond acceptors (Lipinski definition) is 5. The van der Waals surface area contributed by atoms with Crippen molar-refractivity contribution < 1.29 is 4.79 Å². The monoisotopic (exact) mass is 367 g/mol. The van der Waals surface area contributed by atoms with Gasteiger partial charge in [0.2, 0.25) is 6.41 Å². The van der Waals surface area contributed by atoms with Gasteiger partial charge in [-0.2, -0.15) is 0 Å². The number of benzene rings is 1. The van der Waals surface area contributed by atoms with Crippen LogP contribution in [-0.2, 0) is 11.3 Å². The lowest BCUT2D eigenvalue weighted by molar-refractivity contribution is -0.118. The molecule has 0 aliphatic carbocycles. The molecule has 1 aromatic heterocycles. The molecule has 0 atom stereocenters. The Bertz CT molecular complexity index is 806. The van der Waals surface area contributed by atoms with E-state index in [1.54, 1.807) is 0 Å². The second-order valence-corrected chi connectivity index (χ2v) is 7.22. The van der Waals surface area contributed by atoms with Gasteiger partial charge in [0.15, 0.2) is 0 Å². The van der Waals surface area contributed by atoms with E-state index in [4.69, 9.17) is 9.97 Å². The molecular weight excluding hydrogens is 338 g/mol. The van der Waals surface area contributed by atoms with Gasteiger partial charge in [0, 0.05) is 44.7 Å². The predicted molar refractivity (Wildman–Crippen MR) is 110 cm³/mol. The third kappa shape index (κ3) is 4.83. The SMILES string of the molecule is C=C(C)CN(CC)c1nc(CN2CCCN(C=O)CC2)nc2ccccc12. The Labute approximate surface area is 161 Å². The van der Waals surface area contributed by atoms with Crippen molar-refractivity contribution in [3.05, 3.63) is 42.2 Å². The van der Waals surface area contributed by atoms with Gasteiger partial charge in [-0.15, -0.1) is 0 Å². The summed E-state index contributed by atoms with van der Waals surface area (Å²) < 4.78 is 0. The second kappa shape index (κ2) is 8.95. The summed E-state index contributed by atoms with van der Waals surface area (Å²) in [6, 6.07) is 8.19. The van der Waals surface area contributed by atoms with Crippen molar-refractivity contribution in [2.75, 3.05) is 44.2 Å². The number of likely N-dealkylation sites (N-methyl/N-ethyl adjacent to an activating group) is 1. The largest absolute Gasteiger partial charge is 0.352 e. The van der Waals surface area contributed by atoms with Gasteiger partial charge in [0.25, 0.3) is 0 Å². The molecular formula is C21H29N5O. The third-order valence-corrected chi connectivity index (χ3v) is 4.91. The van der Waals surface area contributed by atoms with E-state index >= 15 is 0 Å². The average Bonchev–Trinajstić information content (AvgIpc) is 2.90. The topological polar surface area (TPSA) is 52.6 Å². The summed E-state index contributed by atoms with van der Waals surface area (Å²) in [5.74, 6) is 1.81. The average molecular weight is 367 g/mol. The van der Waals surface area contributed by atoms with Crippen LogP contribution in [0, 0.1) is 0 Å².